The number of carbonyl (C=O) groups excluding carboxylic acids is 1. The third kappa shape index (κ3) is 8.69. The first kappa shape index (κ1) is 24.1. The van der Waals surface area contributed by atoms with Crippen molar-refractivity contribution in [1.29, 1.82) is 0 Å². The summed E-state index contributed by atoms with van der Waals surface area (Å²) in [6, 6.07) is 13.3. The van der Waals surface area contributed by atoms with Gasteiger partial charge >= 0.3 is 0 Å². The fourth-order valence-electron chi connectivity index (χ4n) is 4.13. The monoisotopic (exact) mass is 408 g/mol. The zero-order chi connectivity index (χ0) is 21.4. The molecule has 0 aliphatic rings. The van der Waals surface area contributed by atoms with Gasteiger partial charge in [0.1, 0.15) is 5.69 Å². The SMILES string of the molecule is CCCCCCCCCCCCCCC(C(=O)c1ccccn1)c1ccccc1N. The molecule has 30 heavy (non-hydrogen) atoms. The number of pyridine rings is 1. The molecule has 0 spiro atoms. The third-order valence-electron chi connectivity index (χ3n) is 5.95. The Labute approximate surface area is 183 Å². The van der Waals surface area contributed by atoms with Crippen LogP contribution < -0.4 is 5.73 Å². The zero-order valence-electron chi connectivity index (χ0n) is 18.8. The van der Waals surface area contributed by atoms with E-state index in [-0.39, 0.29) is 11.7 Å². The van der Waals surface area contributed by atoms with Crippen LogP contribution in [0.3, 0.4) is 0 Å². The van der Waals surface area contributed by atoms with Crippen LogP contribution in [0.2, 0.25) is 0 Å². The number of ketones is 1. The van der Waals surface area contributed by atoms with Crippen molar-refractivity contribution in [3.63, 3.8) is 0 Å². The Morgan fingerprint density at radius 2 is 1.37 bits per heavy atom. The Hall–Kier alpha value is -2.16. The average molecular weight is 409 g/mol. The Morgan fingerprint density at radius 1 is 0.800 bits per heavy atom. The predicted molar refractivity (Wildman–Crippen MR) is 128 cm³/mol. The summed E-state index contributed by atoms with van der Waals surface area (Å²) in [5.41, 5.74) is 8.37. The largest absolute Gasteiger partial charge is 0.398 e. The molecule has 1 unspecified atom stereocenters. The number of hydrogen-bond donors (Lipinski definition) is 1. The number of hydrogen-bond acceptors (Lipinski definition) is 3. The lowest BCUT2D eigenvalue weighted by Gasteiger charge is -2.18. The first-order valence-corrected chi connectivity index (χ1v) is 12.0. The molecule has 164 valence electrons. The molecule has 3 nitrogen and oxygen atoms in total. The predicted octanol–water partition coefficient (Wildman–Crippen LogP) is 7.72. The summed E-state index contributed by atoms with van der Waals surface area (Å²) in [7, 11) is 0. The number of Topliss-reactive ketones (excluding diaryl/α,β-unsaturated/α-hetero) is 1. The average Bonchev–Trinajstić information content (AvgIpc) is 2.78. The molecule has 1 atom stereocenters. The number of aromatic nitrogens is 1. The minimum Gasteiger partial charge on any atom is -0.398 e. The van der Waals surface area contributed by atoms with Crippen LogP contribution in [-0.4, -0.2) is 10.8 Å². The first-order chi connectivity index (χ1) is 14.7. The van der Waals surface area contributed by atoms with E-state index in [0.29, 0.717) is 11.4 Å². The van der Waals surface area contributed by atoms with Gasteiger partial charge in [0.05, 0.1) is 5.92 Å². The van der Waals surface area contributed by atoms with Crippen LogP contribution in [0.5, 0.6) is 0 Å². The number of para-hydroxylation sites is 1. The molecule has 2 rings (SSSR count). The standard InChI is InChI=1S/C27H40N2O/c1-2-3-4-5-6-7-8-9-10-11-12-13-19-24(23-18-14-15-20-25(23)28)27(30)26-21-16-17-22-29-26/h14-18,20-22,24H,2-13,19,28H2,1H3. The Kier molecular flexibility index (Phi) is 11.9. The van der Waals surface area contributed by atoms with E-state index >= 15 is 0 Å². The van der Waals surface area contributed by atoms with Crippen LogP contribution >= 0.6 is 0 Å². The van der Waals surface area contributed by atoms with Gasteiger partial charge in [0.15, 0.2) is 5.78 Å². The molecular weight excluding hydrogens is 368 g/mol. The van der Waals surface area contributed by atoms with Gasteiger partial charge in [-0.25, -0.2) is 0 Å². The fourth-order valence-corrected chi connectivity index (χ4v) is 4.13. The topological polar surface area (TPSA) is 56.0 Å². The second-order valence-corrected chi connectivity index (χ2v) is 8.44. The molecule has 0 aliphatic carbocycles. The summed E-state index contributed by atoms with van der Waals surface area (Å²) in [6.07, 6.45) is 18.3. The van der Waals surface area contributed by atoms with Crippen molar-refractivity contribution in [2.75, 3.05) is 5.73 Å². The summed E-state index contributed by atoms with van der Waals surface area (Å²) in [4.78, 5) is 17.4. The van der Waals surface area contributed by atoms with Crippen LogP contribution in [0, 0.1) is 0 Å². The van der Waals surface area contributed by atoms with Crippen LogP contribution in [0.25, 0.3) is 0 Å². The lowest BCUT2D eigenvalue weighted by Crippen LogP contribution is -2.16. The number of nitrogens with two attached hydrogens (primary N) is 1. The van der Waals surface area contributed by atoms with Crippen molar-refractivity contribution >= 4 is 11.5 Å². The highest BCUT2D eigenvalue weighted by Crippen LogP contribution is 2.30. The highest BCUT2D eigenvalue weighted by atomic mass is 16.1. The molecule has 0 radical (unpaired) electrons. The fraction of sp³-hybridized carbons (Fsp3) is 0.556. The van der Waals surface area contributed by atoms with Crippen molar-refractivity contribution in [1.82, 2.24) is 4.98 Å². The lowest BCUT2D eigenvalue weighted by atomic mass is 9.87. The van der Waals surface area contributed by atoms with Gasteiger partial charge in [0.2, 0.25) is 0 Å². The summed E-state index contributed by atoms with van der Waals surface area (Å²) >= 11 is 0. The second kappa shape index (κ2) is 14.8. The van der Waals surface area contributed by atoms with Gasteiger partial charge in [0.25, 0.3) is 0 Å². The summed E-state index contributed by atoms with van der Waals surface area (Å²) in [5, 5.41) is 0. The summed E-state index contributed by atoms with van der Waals surface area (Å²) < 4.78 is 0. The molecule has 3 heteroatoms. The van der Waals surface area contributed by atoms with Crippen LogP contribution in [-0.2, 0) is 0 Å². The van der Waals surface area contributed by atoms with Gasteiger partial charge in [-0.05, 0) is 30.2 Å². The number of unbranched alkanes of at least 4 members (excludes halogenated alkanes) is 11. The molecule has 0 saturated heterocycles. The Bertz CT molecular complexity index is 714. The Morgan fingerprint density at radius 3 is 1.93 bits per heavy atom. The van der Waals surface area contributed by atoms with E-state index in [9.17, 15) is 4.79 Å². The highest BCUT2D eigenvalue weighted by Gasteiger charge is 2.24. The van der Waals surface area contributed by atoms with E-state index in [1.54, 1.807) is 12.3 Å². The van der Waals surface area contributed by atoms with Crippen molar-refractivity contribution in [2.45, 2.75) is 96.3 Å². The Balaban J connectivity index is 1.73. The van der Waals surface area contributed by atoms with Crippen LogP contribution in [0.15, 0.2) is 48.7 Å². The molecule has 0 bridgehead atoms. The molecule has 0 saturated carbocycles. The quantitative estimate of drug-likeness (QED) is 0.176. The number of rotatable bonds is 16. The van der Waals surface area contributed by atoms with Gasteiger partial charge in [-0.1, -0.05) is 108 Å². The molecule has 1 heterocycles. The number of anilines is 1. The number of nitrogen functional groups attached to an aromatic ring is 1. The van der Waals surface area contributed by atoms with Gasteiger partial charge in [0, 0.05) is 11.9 Å². The lowest BCUT2D eigenvalue weighted by molar-refractivity contribution is 0.0949. The maximum absolute atomic E-state index is 13.1. The van der Waals surface area contributed by atoms with Crippen molar-refractivity contribution in [3.8, 4) is 0 Å². The normalized spacial score (nSPS) is 12.0. The van der Waals surface area contributed by atoms with Crippen molar-refractivity contribution < 1.29 is 4.79 Å². The van der Waals surface area contributed by atoms with Crippen LogP contribution in [0.4, 0.5) is 5.69 Å². The van der Waals surface area contributed by atoms with E-state index in [1.165, 1.54) is 70.6 Å². The minimum absolute atomic E-state index is 0.0802. The first-order valence-electron chi connectivity index (χ1n) is 12.0. The summed E-state index contributed by atoms with van der Waals surface area (Å²) in [5.74, 6) is -0.124. The van der Waals surface area contributed by atoms with Gasteiger partial charge in [-0.2, -0.15) is 0 Å². The number of nitrogens with zero attached hydrogens (tertiary/aromatic N) is 1. The van der Waals surface area contributed by atoms with E-state index < -0.39 is 0 Å². The smallest absolute Gasteiger partial charge is 0.188 e. The van der Waals surface area contributed by atoms with Gasteiger partial charge in [-0.3, -0.25) is 9.78 Å². The summed E-state index contributed by atoms with van der Waals surface area (Å²) in [6.45, 7) is 2.27. The zero-order valence-corrected chi connectivity index (χ0v) is 18.8. The van der Waals surface area contributed by atoms with Crippen LogP contribution in [0.1, 0.15) is 112 Å². The van der Waals surface area contributed by atoms with E-state index in [0.717, 1.165) is 18.4 Å². The molecule has 0 amide bonds. The second-order valence-electron chi connectivity index (χ2n) is 8.44. The minimum atomic E-state index is -0.204. The van der Waals surface area contributed by atoms with E-state index in [4.69, 9.17) is 5.73 Å². The molecule has 0 aliphatic heterocycles. The van der Waals surface area contributed by atoms with Crippen molar-refractivity contribution in [2.24, 2.45) is 0 Å². The van der Waals surface area contributed by atoms with Crippen molar-refractivity contribution in [3.05, 3.63) is 59.9 Å². The molecule has 2 aromatic rings. The van der Waals surface area contributed by atoms with E-state index in [2.05, 4.69) is 11.9 Å². The molecule has 0 fully saturated rings. The molecule has 1 aromatic carbocycles. The van der Waals surface area contributed by atoms with Gasteiger partial charge in [-0.15, -0.1) is 0 Å². The number of benzene rings is 1. The third-order valence-corrected chi connectivity index (χ3v) is 5.95. The highest BCUT2D eigenvalue weighted by molar-refractivity contribution is 6.00. The molecule has 1 aromatic heterocycles. The maximum Gasteiger partial charge on any atom is 0.188 e. The van der Waals surface area contributed by atoms with Gasteiger partial charge < -0.3 is 5.73 Å². The van der Waals surface area contributed by atoms with E-state index in [1.807, 2.05) is 36.4 Å². The number of carbonyl (C=O) groups is 1. The maximum atomic E-state index is 13.1. The molecule has 2 N–H and O–H groups in total. The molecular formula is C27H40N2O.